The van der Waals surface area contributed by atoms with Crippen molar-refractivity contribution in [1.82, 2.24) is 0 Å². The minimum Gasteiger partial charge on any atom is -0.457 e. The fourth-order valence-electron chi connectivity index (χ4n) is 5.39. The van der Waals surface area contributed by atoms with Crippen LogP contribution in [-0.4, -0.2) is 98.9 Å². The molecule has 0 aromatic rings. The van der Waals surface area contributed by atoms with Crippen LogP contribution in [0.15, 0.2) is 109 Å². The van der Waals surface area contributed by atoms with E-state index in [0.29, 0.717) is 19.4 Å². The van der Waals surface area contributed by atoms with E-state index in [1.54, 1.807) is 0 Å². The van der Waals surface area contributed by atoms with Gasteiger partial charge < -0.3 is 39.9 Å². The highest BCUT2D eigenvalue weighted by Gasteiger charge is 2.51. The highest BCUT2D eigenvalue weighted by atomic mass is 31.2. The molecule has 0 spiro atoms. The number of aliphatic hydroxyl groups excluding tert-OH is 5. The number of ether oxygens (including phenoxy) is 2. The summed E-state index contributed by atoms with van der Waals surface area (Å²) in [7, 11) is -5.05. The second-order valence-electron chi connectivity index (χ2n) is 13.7. The van der Waals surface area contributed by atoms with Crippen LogP contribution in [0.4, 0.5) is 0 Å². The zero-order valence-corrected chi connectivity index (χ0v) is 35.4. The quantitative estimate of drug-likeness (QED) is 0.0167. The van der Waals surface area contributed by atoms with Gasteiger partial charge in [-0.2, -0.15) is 0 Å². The fraction of sp³-hybridized carbons (Fsp3) is 0.578. The lowest BCUT2D eigenvalue weighted by Gasteiger charge is -2.41. The molecule has 6 atom stereocenters. The maximum Gasteiger partial charge on any atom is 0.472 e. The van der Waals surface area contributed by atoms with Gasteiger partial charge in [0, 0.05) is 13.0 Å². The third kappa shape index (κ3) is 26.9. The molecule has 1 rings (SSSR count). The van der Waals surface area contributed by atoms with Gasteiger partial charge in [0.1, 0.15) is 42.7 Å². The average Bonchev–Trinajstić information content (AvgIpc) is 3.21. The molecule has 1 aliphatic rings. The van der Waals surface area contributed by atoms with Crippen LogP contribution in [0.3, 0.4) is 0 Å². The highest BCUT2D eigenvalue weighted by molar-refractivity contribution is 7.47. The molecule has 0 radical (unpaired) electrons. The first-order chi connectivity index (χ1) is 28.0. The Balaban J connectivity index is 2.53. The van der Waals surface area contributed by atoms with Crippen LogP contribution in [0.2, 0.25) is 0 Å². The van der Waals surface area contributed by atoms with Crippen LogP contribution in [0.5, 0.6) is 0 Å². The predicted octanol–water partition coefficient (Wildman–Crippen LogP) is 7.74. The summed E-state index contributed by atoms with van der Waals surface area (Å²) < 4.78 is 33.9. The van der Waals surface area contributed by atoms with Gasteiger partial charge in [-0.05, 0) is 83.5 Å². The molecule has 0 heterocycles. The van der Waals surface area contributed by atoms with E-state index < -0.39 is 63.1 Å². The predicted molar refractivity (Wildman–Crippen MR) is 230 cm³/mol. The Labute approximate surface area is 347 Å². The van der Waals surface area contributed by atoms with Crippen molar-refractivity contribution >= 4 is 13.8 Å². The van der Waals surface area contributed by atoms with Crippen molar-refractivity contribution in [3.05, 3.63) is 109 Å². The second-order valence-corrected chi connectivity index (χ2v) is 15.1. The van der Waals surface area contributed by atoms with Gasteiger partial charge in [-0.1, -0.05) is 123 Å². The average molecular weight is 835 g/mol. The molecule has 1 saturated carbocycles. The van der Waals surface area contributed by atoms with Gasteiger partial charge in [0.25, 0.3) is 0 Å². The molecule has 13 heteroatoms. The minimum atomic E-state index is -5.05. The van der Waals surface area contributed by atoms with Crippen molar-refractivity contribution in [1.29, 1.82) is 0 Å². The minimum absolute atomic E-state index is 0.0455. The van der Waals surface area contributed by atoms with Crippen LogP contribution in [-0.2, 0) is 27.9 Å². The van der Waals surface area contributed by atoms with E-state index in [2.05, 4.69) is 105 Å². The lowest BCUT2D eigenvalue weighted by molar-refractivity contribution is -0.220. The molecule has 0 aromatic carbocycles. The number of allylic oxidation sites excluding steroid dienone is 18. The van der Waals surface area contributed by atoms with Crippen molar-refractivity contribution in [2.75, 3.05) is 19.8 Å². The number of phosphoric ester groups is 1. The highest BCUT2D eigenvalue weighted by Crippen LogP contribution is 2.47. The summed E-state index contributed by atoms with van der Waals surface area (Å²) in [5.74, 6) is -0.579. The molecule has 1 fully saturated rings. The van der Waals surface area contributed by atoms with E-state index in [4.69, 9.17) is 18.5 Å². The van der Waals surface area contributed by atoms with Gasteiger partial charge in [0.2, 0.25) is 0 Å². The number of rotatable bonds is 32. The summed E-state index contributed by atoms with van der Waals surface area (Å²) >= 11 is 0. The summed E-state index contributed by atoms with van der Waals surface area (Å²) in [6.45, 7) is 3.80. The van der Waals surface area contributed by atoms with Crippen molar-refractivity contribution in [3.63, 3.8) is 0 Å². The van der Waals surface area contributed by atoms with E-state index in [-0.39, 0.29) is 13.0 Å². The zero-order chi connectivity index (χ0) is 42.7. The van der Waals surface area contributed by atoms with Crippen LogP contribution in [0.25, 0.3) is 0 Å². The van der Waals surface area contributed by atoms with Gasteiger partial charge in [0.15, 0.2) is 0 Å². The summed E-state index contributed by atoms with van der Waals surface area (Å²) in [6, 6.07) is 0. The number of hydrogen-bond acceptors (Lipinski definition) is 11. The maximum absolute atomic E-state index is 12.8. The monoisotopic (exact) mass is 834 g/mol. The fourth-order valence-corrected chi connectivity index (χ4v) is 6.36. The largest absolute Gasteiger partial charge is 0.472 e. The topological polar surface area (TPSA) is 192 Å². The number of aliphatic hydroxyl groups is 5. The number of hydrogen-bond donors (Lipinski definition) is 6. The smallest absolute Gasteiger partial charge is 0.457 e. The van der Waals surface area contributed by atoms with Crippen LogP contribution in [0, 0.1) is 0 Å². The van der Waals surface area contributed by atoms with Gasteiger partial charge in [-0.25, -0.2) is 4.57 Å². The first kappa shape index (κ1) is 53.0. The Bertz CT molecular complexity index is 1370. The molecule has 6 unspecified atom stereocenters. The lowest BCUT2D eigenvalue weighted by atomic mass is 9.85. The molecule has 1 aliphatic carbocycles. The lowest BCUT2D eigenvalue weighted by Crippen LogP contribution is -2.64. The third-order valence-corrected chi connectivity index (χ3v) is 9.64. The molecule has 6 N–H and O–H groups in total. The van der Waals surface area contributed by atoms with Crippen LogP contribution < -0.4 is 0 Å². The van der Waals surface area contributed by atoms with Gasteiger partial charge in [-0.15, -0.1) is 0 Å². The number of unbranched alkanes of at least 4 members (excludes halogenated alkanes) is 2. The first-order valence-corrected chi connectivity index (χ1v) is 22.2. The third-order valence-electron chi connectivity index (χ3n) is 8.65. The summed E-state index contributed by atoms with van der Waals surface area (Å²) in [5, 5.41) is 50.0. The molecule has 0 aromatic heterocycles. The SMILES string of the molecule is CC/C=C\C/C=C\C/C=C\C/C=C\C/C=C\CCCCOCC(COP(=O)(O)OC1C(O)C(O)C(O)C(O)C1O)OC(=O)CC/C=C\C/C=C\C/C=C\C/C=C\CC. The molecule has 0 aliphatic heterocycles. The first-order valence-electron chi connectivity index (χ1n) is 20.7. The maximum atomic E-state index is 12.8. The second kappa shape index (κ2) is 34.8. The number of esters is 1. The summed E-state index contributed by atoms with van der Waals surface area (Å²) in [5.41, 5.74) is 0. The van der Waals surface area contributed by atoms with E-state index in [0.717, 1.165) is 70.6 Å². The standard InChI is InChI=1S/C45H71O12P/c1-3-5-7-9-11-13-15-17-18-19-20-21-23-25-27-29-31-33-35-54-36-38(37-55-58(52,53)57-45-43(50)41(48)40(47)42(49)44(45)51)56-39(46)34-32-30-28-26-24-22-16-14-12-10-8-6-4-2/h5-8,11-14,17-18,20-22,24-25,27-28,30,38,40-45,47-51H,3-4,9-10,15-16,19,23,26,29,31-37H2,1-2H3,(H,52,53)/b7-5-,8-6-,13-11-,14-12-,18-17-,21-20-,24-22-,27-25-,30-28-. The summed E-state index contributed by atoms with van der Waals surface area (Å²) in [6.07, 6.45) is 36.2. The molecular formula is C45H71O12P. The van der Waals surface area contributed by atoms with Crippen molar-refractivity contribution in [3.8, 4) is 0 Å². The van der Waals surface area contributed by atoms with E-state index in [1.165, 1.54) is 0 Å². The normalized spacial score (nSPS) is 23.8. The molecule has 0 bridgehead atoms. The van der Waals surface area contributed by atoms with E-state index in [9.17, 15) is 39.8 Å². The van der Waals surface area contributed by atoms with Gasteiger partial charge in [-0.3, -0.25) is 13.8 Å². The Morgan fingerprint density at radius 2 is 0.948 bits per heavy atom. The van der Waals surface area contributed by atoms with Gasteiger partial charge >= 0.3 is 13.8 Å². The molecule has 0 amide bonds. The molecule has 328 valence electrons. The summed E-state index contributed by atoms with van der Waals surface area (Å²) in [4.78, 5) is 23.0. The van der Waals surface area contributed by atoms with Gasteiger partial charge in [0.05, 0.1) is 13.2 Å². The number of carbonyl (C=O) groups excluding carboxylic acids is 1. The molecule has 0 saturated heterocycles. The van der Waals surface area contributed by atoms with Crippen molar-refractivity contribution < 1.29 is 58.3 Å². The Morgan fingerprint density at radius 3 is 1.40 bits per heavy atom. The zero-order valence-electron chi connectivity index (χ0n) is 34.5. The number of carbonyl (C=O) groups is 1. The van der Waals surface area contributed by atoms with E-state index in [1.807, 2.05) is 18.2 Å². The Morgan fingerprint density at radius 1 is 0.552 bits per heavy atom. The Hall–Kier alpha value is -3.00. The van der Waals surface area contributed by atoms with Crippen LogP contribution >= 0.6 is 7.82 Å². The van der Waals surface area contributed by atoms with Crippen molar-refractivity contribution in [2.24, 2.45) is 0 Å². The van der Waals surface area contributed by atoms with Crippen LogP contribution in [0.1, 0.15) is 104 Å². The molecular weight excluding hydrogens is 763 g/mol. The molecule has 12 nitrogen and oxygen atoms in total. The van der Waals surface area contributed by atoms with E-state index >= 15 is 0 Å². The van der Waals surface area contributed by atoms with Crippen molar-refractivity contribution in [2.45, 2.75) is 146 Å². The Kier molecular flexibility index (Phi) is 31.8. The number of phosphoric acid groups is 1. The molecule has 58 heavy (non-hydrogen) atoms.